The van der Waals surface area contributed by atoms with E-state index in [4.69, 9.17) is 9.84 Å². The number of hydrogen-bond acceptors (Lipinski definition) is 6. The molecule has 0 aliphatic carbocycles. The van der Waals surface area contributed by atoms with Crippen LogP contribution in [-0.2, 0) is 25.7 Å². The summed E-state index contributed by atoms with van der Waals surface area (Å²) in [5.41, 5.74) is 0.872. The van der Waals surface area contributed by atoms with Gasteiger partial charge in [-0.05, 0) is 43.2 Å². The molecule has 2 N–H and O–H groups in total. The van der Waals surface area contributed by atoms with Gasteiger partial charge < -0.3 is 15.2 Å². The Morgan fingerprint density at radius 2 is 1.91 bits per heavy atom. The van der Waals surface area contributed by atoms with Gasteiger partial charge in [0.25, 0.3) is 5.91 Å². The molecule has 0 saturated carbocycles. The van der Waals surface area contributed by atoms with E-state index in [1.54, 1.807) is 48.6 Å². The number of fused-ring (bicyclic) bond motifs is 5. The lowest BCUT2D eigenvalue weighted by atomic mass is 9.75. The summed E-state index contributed by atoms with van der Waals surface area (Å²) in [6.07, 6.45) is 2.98. The molecule has 5 rings (SSSR count). The Morgan fingerprint density at radius 1 is 1.15 bits per heavy atom. The number of carbonyl (C=O) groups is 4. The van der Waals surface area contributed by atoms with Gasteiger partial charge in [-0.15, -0.1) is 0 Å². The maximum Gasteiger partial charge on any atom is 0.303 e. The molecule has 34 heavy (non-hydrogen) atoms. The summed E-state index contributed by atoms with van der Waals surface area (Å²) in [5.74, 6) is -2.83. The Morgan fingerprint density at radius 3 is 2.62 bits per heavy atom. The van der Waals surface area contributed by atoms with Crippen molar-refractivity contribution in [1.29, 1.82) is 0 Å². The van der Waals surface area contributed by atoms with E-state index < -0.39 is 29.5 Å². The third kappa shape index (κ3) is 3.67. The van der Waals surface area contributed by atoms with Gasteiger partial charge in [-0.2, -0.15) is 0 Å². The first-order valence-corrected chi connectivity index (χ1v) is 11.1. The first-order valence-electron chi connectivity index (χ1n) is 11.1. The summed E-state index contributed by atoms with van der Waals surface area (Å²) in [6.45, 7) is 1.91. The van der Waals surface area contributed by atoms with E-state index in [9.17, 15) is 19.2 Å². The number of likely N-dealkylation sites (tertiary alicyclic amines) is 1. The predicted octanol–water partition coefficient (Wildman–Crippen LogP) is 2.32. The topological polar surface area (TPSA) is 126 Å². The minimum atomic E-state index is -1.04. The number of ether oxygens (including phenoxy) is 1. The molecule has 4 atom stereocenters. The number of aromatic nitrogens is 1. The standard InChI is InChI=1S/C25H23N3O6/c1-14-3-2-4-18(26-14)27-22(31)16-7-5-15(6-8-16)13-28-23(32)20-17-9-11-25(34-17,12-10-19(29)30)21(20)24(28)33/h2-9,11,17,20-21H,10,12-13H2,1H3,(H,29,30)(H,26,27,31)/t17-,20-,21+,25-/m0/s1. The zero-order valence-corrected chi connectivity index (χ0v) is 18.4. The highest BCUT2D eigenvalue weighted by atomic mass is 16.5. The van der Waals surface area contributed by atoms with E-state index in [1.165, 1.54) is 4.90 Å². The lowest BCUT2D eigenvalue weighted by Gasteiger charge is -2.28. The first kappa shape index (κ1) is 22.0. The quantitative estimate of drug-likeness (QED) is 0.479. The maximum atomic E-state index is 13.2. The second-order valence-corrected chi connectivity index (χ2v) is 8.87. The highest BCUT2D eigenvalue weighted by Crippen LogP contribution is 2.53. The molecule has 3 aliphatic heterocycles. The smallest absolute Gasteiger partial charge is 0.303 e. The van der Waals surface area contributed by atoms with Crippen molar-refractivity contribution >= 4 is 29.5 Å². The summed E-state index contributed by atoms with van der Waals surface area (Å²) >= 11 is 0. The van der Waals surface area contributed by atoms with E-state index in [-0.39, 0.29) is 37.1 Å². The normalized spacial score (nSPS) is 26.7. The van der Waals surface area contributed by atoms with Crippen LogP contribution in [0.15, 0.2) is 54.6 Å². The molecule has 0 spiro atoms. The molecule has 1 aromatic heterocycles. The van der Waals surface area contributed by atoms with Crippen molar-refractivity contribution in [2.45, 2.75) is 38.0 Å². The van der Waals surface area contributed by atoms with Gasteiger partial charge in [0.05, 0.1) is 24.5 Å². The molecule has 3 aliphatic rings. The van der Waals surface area contributed by atoms with E-state index in [2.05, 4.69) is 10.3 Å². The number of hydrogen-bond donors (Lipinski definition) is 2. The number of carbonyl (C=O) groups excluding carboxylic acids is 3. The van der Waals surface area contributed by atoms with Gasteiger partial charge in [-0.3, -0.25) is 24.1 Å². The SMILES string of the molecule is Cc1cccc(NC(=O)c2ccc(CN3C(=O)[C@H]4[C@@H]5C=C[C@@](CCC(=O)O)(O5)[C@H]4C3=O)cc2)n1. The molecule has 174 valence electrons. The molecule has 2 saturated heterocycles. The minimum Gasteiger partial charge on any atom is -0.481 e. The van der Waals surface area contributed by atoms with Crippen LogP contribution in [0.3, 0.4) is 0 Å². The third-order valence-corrected chi connectivity index (χ3v) is 6.66. The van der Waals surface area contributed by atoms with Crippen LogP contribution in [-0.4, -0.2) is 50.4 Å². The highest BCUT2D eigenvalue weighted by Gasteiger charge is 2.67. The Balaban J connectivity index is 1.28. The number of anilines is 1. The molecule has 4 heterocycles. The number of amides is 3. The number of rotatable bonds is 7. The summed E-state index contributed by atoms with van der Waals surface area (Å²) in [5, 5.41) is 11.8. The van der Waals surface area contributed by atoms with Gasteiger partial charge in [-0.25, -0.2) is 4.98 Å². The van der Waals surface area contributed by atoms with Gasteiger partial charge in [-0.1, -0.05) is 30.4 Å². The zero-order valence-electron chi connectivity index (χ0n) is 18.4. The summed E-state index contributed by atoms with van der Waals surface area (Å²) in [7, 11) is 0. The molecule has 0 radical (unpaired) electrons. The Bertz CT molecular complexity index is 1220. The minimum absolute atomic E-state index is 0.0771. The summed E-state index contributed by atoms with van der Waals surface area (Å²) in [6, 6.07) is 12.0. The van der Waals surface area contributed by atoms with Crippen LogP contribution in [0, 0.1) is 18.8 Å². The van der Waals surface area contributed by atoms with Gasteiger partial charge in [0.15, 0.2) is 0 Å². The van der Waals surface area contributed by atoms with Crippen LogP contribution in [0.4, 0.5) is 5.82 Å². The largest absolute Gasteiger partial charge is 0.481 e. The van der Waals surface area contributed by atoms with Gasteiger partial charge in [0, 0.05) is 17.7 Å². The van der Waals surface area contributed by atoms with E-state index >= 15 is 0 Å². The Kier molecular flexibility index (Phi) is 5.28. The van der Waals surface area contributed by atoms with Gasteiger partial charge in [0.1, 0.15) is 11.4 Å². The van der Waals surface area contributed by atoms with E-state index in [0.717, 1.165) is 5.69 Å². The maximum absolute atomic E-state index is 13.2. The molecule has 9 nitrogen and oxygen atoms in total. The fraction of sp³-hybridized carbons (Fsp3) is 0.320. The van der Waals surface area contributed by atoms with Crippen LogP contribution in [0.2, 0.25) is 0 Å². The number of carboxylic acid groups (broad SMARTS) is 1. The summed E-state index contributed by atoms with van der Waals surface area (Å²) in [4.78, 5) is 55.4. The van der Waals surface area contributed by atoms with Crippen molar-refractivity contribution in [2.24, 2.45) is 11.8 Å². The highest BCUT2D eigenvalue weighted by molar-refractivity contribution is 6.07. The number of aliphatic carboxylic acids is 1. The van der Waals surface area contributed by atoms with Gasteiger partial charge in [0.2, 0.25) is 11.8 Å². The molecule has 3 amide bonds. The fourth-order valence-corrected chi connectivity index (χ4v) is 5.06. The number of aryl methyl sites for hydroxylation is 1. The first-order chi connectivity index (χ1) is 16.3. The average Bonchev–Trinajstić information content (AvgIpc) is 3.45. The number of nitrogens with zero attached hydrogens (tertiary/aromatic N) is 2. The molecule has 9 heteroatoms. The van der Waals surface area contributed by atoms with E-state index in [0.29, 0.717) is 16.9 Å². The third-order valence-electron chi connectivity index (χ3n) is 6.66. The molecular weight excluding hydrogens is 438 g/mol. The molecular formula is C25H23N3O6. The molecule has 1 aromatic carbocycles. The van der Waals surface area contributed by atoms with Crippen LogP contribution >= 0.6 is 0 Å². The van der Waals surface area contributed by atoms with Crippen molar-refractivity contribution in [1.82, 2.24) is 9.88 Å². The van der Waals surface area contributed by atoms with E-state index in [1.807, 2.05) is 13.0 Å². The molecule has 0 unspecified atom stereocenters. The predicted molar refractivity (Wildman–Crippen MR) is 120 cm³/mol. The van der Waals surface area contributed by atoms with Gasteiger partial charge >= 0.3 is 5.97 Å². The molecule has 2 bridgehead atoms. The number of nitrogens with one attached hydrogen (secondary N) is 1. The van der Waals surface area contributed by atoms with Crippen molar-refractivity contribution in [2.75, 3.05) is 5.32 Å². The van der Waals surface area contributed by atoms with Crippen molar-refractivity contribution in [3.8, 4) is 0 Å². The average molecular weight is 461 g/mol. The second-order valence-electron chi connectivity index (χ2n) is 8.87. The molecule has 2 aromatic rings. The zero-order chi connectivity index (χ0) is 24.0. The number of benzene rings is 1. The monoisotopic (exact) mass is 461 g/mol. The van der Waals surface area contributed by atoms with Crippen LogP contribution in [0.25, 0.3) is 0 Å². The lowest BCUT2D eigenvalue weighted by Crippen LogP contribution is -2.40. The lowest BCUT2D eigenvalue weighted by molar-refractivity contribution is -0.147. The Hall–Kier alpha value is -3.85. The number of imide groups is 1. The second kappa shape index (κ2) is 8.18. The van der Waals surface area contributed by atoms with Crippen molar-refractivity contribution in [3.63, 3.8) is 0 Å². The van der Waals surface area contributed by atoms with Crippen molar-refractivity contribution in [3.05, 3.63) is 71.4 Å². The Labute approximate surface area is 195 Å². The molecule has 2 fully saturated rings. The van der Waals surface area contributed by atoms with Crippen LogP contribution in [0.1, 0.15) is 34.5 Å². The fourth-order valence-electron chi connectivity index (χ4n) is 5.06. The summed E-state index contributed by atoms with van der Waals surface area (Å²) < 4.78 is 5.92. The number of pyridine rings is 1. The number of carboxylic acids is 1. The van der Waals surface area contributed by atoms with Crippen molar-refractivity contribution < 1.29 is 29.0 Å². The van der Waals surface area contributed by atoms with Crippen LogP contribution in [0.5, 0.6) is 0 Å². The van der Waals surface area contributed by atoms with Crippen LogP contribution < -0.4 is 5.32 Å².